The van der Waals surface area contributed by atoms with Crippen LogP contribution in [-0.4, -0.2) is 36.0 Å². The van der Waals surface area contributed by atoms with Gasteiger partial charge in [0.25, 0.3) is 11.6 Å². The number of carbonyl (C=O) groups is 2. The molecule has 1 aliphatic heterocycles. The van der Waals surface area contributed by atoms with Crippen molar-refractivity contribution in [1.82, 2.24) is 0 Å². The minimum atomic E-state index is -1.06. The van der Waals surface area contributed by atoms with Crippen molar-refractivity contribution in [2.75, 3.05) is 23.3 Å². The summed E-state index contributed by atoms with van der Waals surface area (Å²) in [6, 6.07) is 11.5. The van der Waals surface area contributed by atoms with Gasteiger partial charge in [-0.25, -0.2) is 4.79 Å². The SMILES string of the molecule is Cc1cccc(NC(=O)[C@@H](C)OC(=O)c2ccc(N3CCCC3)c([N+](=O)[O-])c2)c1. The number of benzene rings is 2. The van der Waals surface area contributed by atoms with Crippen molar-refractivity contribution in [3.05, 3.63) is 63.7 Å². The number of esters is 1. The number of hydrogen-bond acceptors (Lipinski definition) is 6. The highest BCUT2D eigenvalue weighted by atomic mass is 16.6. The van der Waals surface area contributed by atoms with Crippen molar-refractivity contribution in [2.24, 2.45) is 0 Å². The molecule has 2 aromatic rings. The van der Waals surface area contributed by atoms with Crippen LogP contribution < -0.4 is 10.2 Å². The van der Waals surface area contributed by atoms with Crippen LogP contribution >= 0.6 is 0 Å². The van der Waals surface area contributed by atoms with E-state index < -0.39 is 22.9 Å². The molecule has 1 atom stereocenters. The molecule has 0 radical (unpaired) electrons. The Morgan fingerprint density at radius 3 is 2.55 bits per heavy atom. The van der Waals surface area contributed by atoms with Crippen molar-refractivity contribution in [1.29, 1.82) is 0 Å². The zero-order valence-corrected chi connectivity index (χ0v) is 16.4. The van der Waals surface area contributed by atoms with Crippen LogP contribution in [0.15, 0.2) is 42.5 Å². The molecule has 0 aliphatic carbocycles. The average Bonchev–Trinajstić information content (AvgIpc) is 3.22. The van der Waals surface area contributed by atoms with E-state index in [-0.39, 0.29) is 11.3 Å². The van der Waals surface area contributed by atoms with Crippen molar-refractivity contribution in [3.8, 4) is 0 Å². The van der Waals surface area contributed by atoms with Gasteiger partial charge in [-0.3, -0.25) is 14.9 Å². The molecule has 1 amide bonds. The lowest BCUT2D eigenvalue weighted by Crippen LogP contribution is -2.30. The highest BCUT2D eigenvalue weighted by molar-refractivity contribution is 5.98. The van der Waals surface area contributed by atoms with Crippen molar-refractivity contribution >= 4 is 28.9 Å². The normalized spacial score (nSPS) is 14.3. The fourth-order valence-corrected chi connectivity index (χ4v) is 3.27. The summed E-state index contributed by atoms with van der Waals surface area (Å²) in [6.45, 7) is 4.86. The minimum absolute atomic E-state index is 0.0369. The number of nitro groups is 1. The third-order valence-electron chi connectivity index (χ3n) is 4.79. The van der Waals surface area contributed by atoms with Crippen LogP contribution in [0, 0.1) is 17.0 Å². The van der Waals surface area contributed by atoms with Crippen LogP contribution in [0.2, 0.25) is 0 Å². The smallest absolute Gasteiger partial charge is 0.339 e. The van der Waals surface area contributed by atoms with Crippen molar-refractivity contribution in [2.45, 2.75) is 32.8 Å². The van der Waals surface area contributed by atoms with Crippen LogP contribution in [0.5, 0.6) is 0 Å². The number of aryl methyl sites for hydroxylation is 1. The lowest BCUT2D eigenvalue weighted by Gasteiger charge is -2.18. The summed E-state index contributed by atoms with van der Waals surface area (Å²) in [6.07, 6.45) is 0.906. The number of rotatable bonds is 6. The molecular weight excluding hydrogens is 374 g/mol. The van der Waals surface area contributed by atoms with Gasteiger partial charge in [0.2, 0.25) is 0 Å². The fourth-order valence-electron chi connectivity index (χ4n) is 3.27. The van der Waals surface area contributed by atoms with Crippen LogP contribution in [0.4, 0.5) is 17.1 Å². The molecular formula is C21H23N3O5. The lowest BCUT2D eigenvalue weighted by atomic mass is 10.1. The summed E-state index contributed by atoms with van der Waals surface area (Å²) in [5, 5.41) is 14.2. The predicted molar refractivity (Wildman–Crippen MR) is 109 cm³/mol. The maximum Gasteiger partial charge on any atom is 0.339 e. The predicted octanol–water partition coefficient (Wildman–Crippen LogP) is 3.69. The minimum Gasteiger partial charge on any atom is -0.449 e. The van der Waals surface area contributed by atoms with Gasteiger partial charge < -0.3 is 15.0 Å². The van der Waals surface area contributed by atoms with Crippen LogP contribution in [-0.2, 0) is 9.53 Å². The van der Waals surface area contributed by atoms with Gasteiger partial charge in [-0.2, -0.15) is 0 Å². The first-order chi connectivity index (χ1) is 13.8. The Balaban J connectivity index is 1.70. The van der Waals surface area contributed by atoms with E-state index in [4.69, 9.17) is 4.74 Å². The third kappa shape index (κ3) is 4.90. The molecule has 0 saturated carbocycles. The molecule has 3 rings (SSSR count). The van der Waals surface area contributed by atoms with E-state index in [9.17, 15) is 19.7 Å². The second kappa shape index (κ2) is 8.72. The Bertz CT molecular complexity index is 938. The molecule has 152 valence electrons. The molecule has 1 fully saturated rings. The lowest BCUT2D eigenvalue weighted by molar-refractivity contribution is -0.384. The van der Waals surface area contributed by atoms with Crippen LogP contribution in [0.1, 0.15) is 35.7 Å². The first kappa shape index (κ1) is 20.3. The largest absolute Gasteiger partial charge is 0.449 e. The summed E-state index contributed by atoms with van der Waals surface area (Å²) in [7, 11) is 0. The first-order valence-corrected chi connectivity index (χ1v) is 9.47. The monoisotopic (exact) mass is 397 g/mol. The molecule has 8 nitrogen and oxygen atoms in total. The Kier molecular flexibility index (Phi) is 6.11. The summed E-state index contributed by atoms with van der Waals surface area (Å²) in [5.41, 5.74) is 1.98. The standard InChI is InChI=1S/C21H23N3O5/c1-14-6-5-7-17(12-14)22-20(25)15(2)29-21(26)16-8-9-18(19(13-16)24(27)28)23-10-3-4-11-23/h5-9,12-13,15H,3-4,10-11H2,1-2H3,(H,22,25)/t15-/m1/s1. The molecule has 0 spiro atoms. The van der Waals surface area contributed by atoms with Gasteiger partial charge in [0.1, 0.15) is 5.69 Å². The zero-order valence-electron chi connectivity index (χ0n) is 16.4. The second-order valence-corrected chi connectivity index (χ2v) is 7.06. The van der Waals surface area contributed by atoms with E-state index in [0.29, 0.717) is 11.4 Å². The Hall–Kier alpha value is -3.42. The second-order valence-electron chi connectivity index (χ2n) is 7.06. The summed E-state index contributed by atoms with van der Waals surface area (Å²) >= 11 is 0. The molecule has 29 heavy (non-hydrogen) atoms. The van der Waals surface area contributed by atoms with Crippen LogP contribution in [0.3, 0.4) is 0 Å². The molecule has 1 heterocycles. The number of ether oxygens (including phenoxy) is 1. The topological polar surface area (TPSA) is 102 Å². The van der Waals surface area contributed by atoms with E-state index in [0.717, 1.165) is 31.5 Å². The number of carbonyl (C=O) groups excluding carboxylic acids is 2. The molecule has 1 saturated heterocycles. The molecule has 2 aromatic carbocycles. The van der Waals surface area contributed by atoms with Gasteiger partial charge in [-0.1, -0.05) is 12.1 Å². The van der Waals surface area contributed by atoms with E-state index in [1.54, 1.807) is 18.2 Å². The summed E-state index contributed by atoms with van der Waals surface area (Å²) in [4.78, 5) is 37.6. The number of nitrogens with one attached hydrogen (secondary N) is 1. The third-order valence-corrected chi connectivity index (χ3v) is 4.79. The van der Waals surface area contributed by atoms with Gasteiger partial charge in [0.05, 0.1) is 10.5 Å². The summed E-state index contributed by atoms with van der Waals surface area (Å²) in [5.74, 6) is -1.26. The first-order valence-electron chi connectivity index (χ1n) is 9.47. The van der Waals surface area contributed by atoms with Gasteiger partial charge in [0, 0.05) is 24.8 Å². The van der Waals surface area contributed by atoms with Crippen molar-refractivity contribution < 1.29 is 19.2 Å². The highest BCUT2D eigenvalue weighted by Crippen LogP contribution is 2.32. The van der Waals surface area contributed by atoms with E-state index in [1.807, 2.05) is 24.0 Å². The van der Waals surface area contributed by atoms with E-state index in [2.05, 4.69) is 5.32 Å². The Morgan fingerprint density at radius 1 is 1.17 bits per heavy atom. The number of nitro benzene ring substituents is 1. The molecule has 1 aliphatic rings. The quantitative estimate of drug-likeness (QED) is 0.453. The van der Waals surface area contributed by atoms with Gasteiger partial charge in [-0.15, -0.1) is 0 Å². The maximum absolute atomic E-state index is 12.4. The number of amides is 1. The Morgan fingerprint density at radius 2 is 1.90 bits per heavy atom. The molecule has 1 N–H and O–H groups in total. The number of nitrogens with zero attached hydrogens (tertiary/aromatic N) is 2. The summed E-state index contributed by atoms with van der Waals surface area (Å²) < 4.78 is 5.21. The molecule has 0 aromatic heterocycles. The highest BCUT2D eigenvalue weighted by Gasteiger charge is 2.25. The molecule has 0 unspecified atom stereocenters. The number of anilines is 2. The zero-order chi connectivity index (χ0) is 21.0. The fraction of sp³-hybridized carbons (Fsp3) is 0.333. The van der Waals surface area contributed by atoms with Gasteiger partial charge in [0.15, 0.2) is 6.10 Å². The molecule has 8 heteroatoms. The Labute approximate surface area is 168 Å². The van der Waals surface area contributed by atoms with Gasteiger partial charge in [-0.05, 0) is 56.5 Å². The van der Waals surface area contributed by atoms with Crippen molar-refractivity contribution in [3.63, 3.8) is 0 Å². The van der Waals surface area contributed by atoms with E-state index >= 15 is 0 Å². The van der Waals surface area contributed by atoms with E-state index in [1.165, 1.54) is 19.1 Å². The van der Waals surface area contributed by atoms with Crippen LogP contribution in [0.25, 0.3) is 0 Å². The average molecular weight is 397 g/mol. The number of hydrogen-bond donors (Lipinski definition) is 1. The van der Waals surface area contributed by atoms with Gasteiger partial charge >= 0.3 is 5.97 Å². The maximum atomic E-state index is 12.4. The molecule has 0 bridgehead atoms.